The fourth-order valence-corrected chi connectivity index (χ4v) is 1.51. The third kappa shape index (κ3) is 2.28. The Bertz CT molecular complexity index is 272. The quantitative estimate of drug-likeness (QED) is 0.723. The van der Waals surface area contributed by atoms with Crippen LogP contribution in [0.3, 0.4) is 0 Å². The number of nitrogens with one attached hydrogen (secondary N) is 1. The molecule has 1 heterocycles. The van der Waals surface area contributed by atoms with Gasteiger partial charge in [0.05, 0.1) is 11.2 Å². The van der Waals surface area contributed by atoms with Gasteiger partial charge in [0.1, 0.15) is 4.88 Å². The number of likely N-dealkylation sites (N-methyl/N-ethyl adjacent to an activating group) is 1. The van der Waals surface area contributed by atoms with Gasteiger partial charge in [0, 0.05) is 13.0 Å². The predicted molar refractivity (Wildman–Crippen MR) is 46.7 cm³/mol. The summed E-state index contributed by atoms with van der Waals surface area (Å²) in [6, 6.07) is 0. The molecule has 4 nitrogen and oxygen atoms in total. The largest absolute Gasteiger partial charge is 0.477 e. The molecule has 5 heteroatoms. The summed E-state index contributed by atoms with van der Waals surface area (Å²) in [5.74, 6) is -0.900. The van der Waals surface area contributed by atoms with Crippen molar-refractivity contribution in [2.24, 2.45) is 0 Å². The molecule has 0 fully saturated rings. The molecule has 0 amide bonds. The van der Waals surface area contributed by atoms with Gasteiger partial charge >= 0.3 is 5.97 Å². The first-order valence-electron chi connectivity index (χ1n) is 3.56. The molecule has 1 rings (SSSR count). The van der Waals surface area contributed by atoms with E-state index in [1.807, 2.05) is 7.05 Å². The molecule has 0 aliphatic carbocycles. The molecule has 0 spiro atoms. The third-order valence-corrected chi connectivity index (χ3v) is 2.40. The number of carboxylic acids is 1. The maximum absolute atomic E-state index is 10.4. The molecule has 0 bridgehead atoms. The van der Waals surface area contributed by atoms with E-state index in [0.717, 1.165) is 18.0 Å². The summed E-state index contributed by atoms with van der Waals surface area (Å²) in [6.07, 6.45) is 2.19. The van der Waals surface area contributed by atoms with E-state index in [9.17, 15) is 4.79 Å². The van der Waals surface area contributed by atoms with Gasteiger partial charge in [-0.2, -0.15) is 0 Å². The number of aromatic carboxylic acids is 1. The zero-order chi connectivity index (χ0) is 8.97. The summed E-state index contributed by atoms with van der Waals surface area (Å²) in [7, 11) is 1.85. The minimum Gasteiger partial charge on any atom is -0.477 e. The van der Waals surface area contributed by atoms with Crippen molar-refractivity contribution in [1.82, 2.24) is 10.3 Å². The highest BCUT2D eigenvalue weighted by Crippen LogP contribution is 2.12. The molecule has 1 aromatic rings. The van der Waals surface area contributed by atoms with Gasteiger partial charge in [-0.25, -0.2) is 9.78 Å². The SMILES string of the molecule is CNCCc1ncc(C(=O)O)s1. The highest BCUT2D eigenvalue weighted by molar-refractivity contribution is 7.13. The number of nitrogens with zero attached hydrogens (tertiary/aromatic N) is 1. The van der Waals surface area contributed by atoms with Crippen LogP contribution in [0.1, 0.15) is 14.7 Å². The van der Waals surface area contributed by atoms with Crippen LogP contribution in [0.25, 0.3) is 0 Å². The van der Waals surface area contributed by atoms with E-state index in [1.54, 1.807) is 0 Å². The van der Waals surface area contributed by atoms with Crippen LogP contribution in [-0.2, 0) is 6.42 Å². The van der Waals surface area contributed by atoms with Crippen molar-refractivity contribution < 1.29 is 9.90 Å². The summed E-state index contributed by atoms with van der Waals surface area (Å²) in [5.41, 5.74) is 0. The topological polar surface area (TPSA) is 62.2 Å². The van der Waals surface area contributed by atoms with Gasteiger partial charge in [-0.05, 0) is 7.05 Å². The third-order valence-electron chi connectivity index (χ3n) is 1.35. The average molecular weight is 186 g/mol. The molecular formula is C7H10N2O2S. The second-order valence-corrected chi connectivity index (χ2v) is 3.39. The van der Waals surface area contributed by atoms with Gasteiger partial charge in [0.2, 0.25) is 0 Å². The van der Waals surface area contributed by atoms with Crippen molar-refractivity contribution >= 4 is 17.3 Å². The van der Waals surface area contributed by atoms with Crippen molar-refractivity contribution in [2.45, 2.75) is 6.42 Å². The highest BCUT2D eigenvalue weighted by atomic mass is 32.1. The van der Waals surface area contributed by atoms with E-state index in [4.69, 9.17) is 5.11 Å². The first kappa shape index (κ1) is 9.15. The normalized spacial score (nSPS) is 10.1. The first-order valence-corrected chi connectivity index (χ1v) is 4.38. The van der Waals surface area contributed by atoms with Gasteiger partial charge in [0.15, 0.2) is 0 Å². The lowest BCUT2D eigenvalue weighted by molar-refractivity contribution is 0.0702. The minimum absolute atomic E-state index is 0.307. The lowest BCUT2D eigenvalue weighted by Crippen LogP contribution is -2.09. The van der Waals surface area contributed by atoms with Crippen LogP contribution in [0, 0.1) is 0 Å². The maximum atomic E-state index is 10.4. The molecule has 0 saturated carbocycles. The Labute approximate surface area is 74.3 Å². The monoisotopic (exact) mass is 186 g/mol. The Morgan fingerprint density at radius 3 is 3.08 bits per heavy atom. The highest BCUT2D eigenvalue weighted by Gasteiger charge is 2.07. The Hall–Kier alpha value is -0.940. The first-order chi connectivity index (χ1) is 5.74. The fraction of sp³-hybridized carbons (Fsp3) is 0.429. The number of carbonyl (C=O) groups is 1. The molecule has 0 radical (unpaired) electrons. The number of aromatic nitrogens is 1. The van der Waals surface area contributed by atoms with Gasteiger partial charge in [0.25, 0.3) is 0 Å². The molecule has 0 aliphatic heterocycles. The molecule has 12 heavy (non-hydrogen) atoms. The van der Waals surface area contributed by atoms with Crippen molar-refractivity contribution in [2.75, 3.05) is 13.6 Å². The molecule has 66 valence electrons. The Kier molecular flexibility index (Phi) is 3.19. The molecular weight excluding hydrogens is 176 g/mol. The van der Waals surface area contributed by atoms with Crippen molar-refractivity contribution in [3.63, 3.8) is 0 Å². The van der Waals surface area contributed by atoms with Crippen LogP contribution < -0.4 is 5.32 Å². The van der Waals surface area contributed by atoms with Gasteiger partial charge < -0.3 is 10.4 Å². The maximum Gasteiger partial charge on any atom is 0.347 e. The predicted octanol–water partition coefficient (Wildman–Crippen LogP) is 0.603. The van der Waals surface area contributed by atoms with Crippen LogP contribution in [0.5, 0.6) is 0 Å². The lowest BCUT2D eigenvalue weighted by atomic mass is 10.4. The molecule has 1 aromatic heterocycles. The van der Waals surface area contributed by atoms with Crippen LogP contribution in [0.4, 0.5) is 0 Å². The van der Waals surface area contributed by atoms with Crippen LogP contribution >= 0.6 is 11.3 Å². The summed E-state index contributed by atoms with van der Waals surface area (Å²) in [5, 5.41) is 12.4. The Morgan fingerprint density at radius 1 is 1.83 bits per heavy atom. The van der Waals surface area contributed by atoms with E-state index in [1.165, 1.54) is 17.5 Å². The number of carboxylic acid groups (broad SMARTS) is 1. The molecule has 2 N–H and O–H groups in total. The fourth-order valence-electron chi connectivity index (χ4n) is 0.757. The van der Waals surface area contributed by atoms with Crippen molar-refractivity contribution in [3.05, 3.63) is 16.1 Å². The molecule has 0 atom stereocenters. The molecule has 0 saturated heterocycles. The van der Waals surface area contributed by atoms with Gasteiger partial charge in [-0.1, -0.05) is 0 Å². The summed E-state index contributed by atoms with van der Waals surface area (Å²) < 4.78 is 0. The van der Waals surface area contributed by atoms with Crippen LogP contribution in [0.15, 0.2) is 6.20 Å². The van der Waals surface area contributed by atoms with E-state index in [2.05, 4.69) is 10.3 Å². The zero-order valence-electron chi connectivity index (χ0n) is 6.70. The van der Waals surface area contributed by atoms with Gasteiger partial charge in [-0.15, -0.1) is 11.3 Å². The van der Waals surface area contributed by atoms with E-state index in [0.29, 0.717) is 4.88 Å². The van der Waals surface area contributed by atoms with E-state index in [-0.39, 0.29) is 0 Å². The standard InChI is InChI=1S/C7H10N2O2S/c1-8-3-2-6-9-4-5(12-6)7(10)11/h4,8H,2-3H2,1H3,(H,10,11). The van der Waals surface area contributed by atoms with E-state index < -0.39 is 5.97 Å². The van der Waals surface area contributed by atoms with E-state index >= 15 is 0 Å². The number of hydrogen-bond donors (Lipinski definition) is 2. The molecule has 0 aliphatic rings. The Morgan fingerprint density at radius 2 is 2.58 bits per heavy atom. The minimum atomic E-state index is -0.900. The number of thiazole rings is 1. The number of hydrogen-bond acceptors (Lipinski definition) is 4. The van der Waals surface area contributed by atoms with Crippen molar-refractivity contribution in [1.29, 1.82) is 0 Å². The molecule has 0 aromatic carbocycles. The zero-order valence-corrected chi connectivity index (χ0v) is 7.52. The smallest absolute Gasteiger partial charge is 0.347 e. The Balaban J connectivity index is 2.58. The lowest BCUT2D eigenvalue weighted by Gasteiger charge is -1.92. The average Bonchev–Trinajstić information content (AvgIpc) is 2.48. The second kappa shape index (κ2) is 4.18. The number of rotatable bonds is 4. The van der Waals surface area contributed by atoms with Crippen LogP contribution in [0.2, 0.25) is 0 Å². The summed E-state index contributed by atoms with van der Waals surface area (Å²) in [6.45, 7) is 0.826. The van der Waals surface area contributed by atoms with Crippen LogP contribution in [-0.4, -0.2) is 29.7 Å². The van der Waals surface area contributed by atoms with Crippen molar-refractivity contribution in [3.8, 4) is 0 Å². The van der Waals surface area contributed by atoms with Gasteiger partial charge in [-0.3, -0.25) is 0 Å². The molecule has 0 unspecified atom stereocenters. The summed E-state index contributed by atoms with van der Waals surface area (Å²) in [4.78, 5) is 14.7. The summed E-state index contributed by atoms with van der Waals surface area (Å²) >= 11 is 1.23. The second-order valence-electron chi connectivity index (χ2n) is 2.28.